The van der Waals surface area contributed by atoms with E-state index in [0.29, 0.717) is 5.56 Å². The summed E-state index contributed by atoms with van der Waals surface area (Å²) in [6.07, 6.45) is 0. The van der Waals surface area contributed by atoms with Gasteiger partial charge in [-0.25, -0.2) is 4.39 Å². The third-order valence-electron chi connectivity index (χ3n) is 3.05. The zero-order valence-electron chi connectivity index (χ0n) is 9.50. The molecule has 0 aliphatic heterocycles. The number of hydrogen-bond donors (Lipinski definition) is 1. The fourth-order valence-corrected chi connectivity index (χ4v) is 2.13. The number of benzene rings is 2. The van der Waals surface area contributed by atoms with Crippen molar-refractivity contribution in [1.82, 2.24) is 4.98 Å². The second kappa shape index (κ2) is 3.74. The van der Waals surface area contributed by atoms with Gasteiger partial charge in [-0.1, -0.05) is 24.3 Å². The van der Waals surface area contributed by atoms with E-state index >= 15 is 0 Å². The Balaban J connectivity index is 2.26. The number of hydrogen-bond acceptors (Lipinski definition) is 0. The smallest absolute Gasteiger partial charge is 0.132 e. The molecule has 17 heavy (non-hydrogen) atoms. The highest BCUT2D eigenvalue weighted by atomic mass is 19.1. The molecule has 0 unspecified atom stereocenters. The molecule has 0 atom stereocenters. The lowest BCUT2D eigenvalue weighted by Gasteiger charge is -1.98. The van der Waals surface area contributed by atoms with Gasteiger partial charge < -0.3 is 4.98 Å². The van der Waals surface area contributed by atoms with Crippen LogP contribution in [0.25, 0.3) is 22.2 Å². The van der Waals surface area contributed by atoms with Crippen molar-refractivity contribution >= 4 is 10.9 Å². The van der Waals surface area contributed by atoms with Gasteiger partial charge in [-0.15, -0.1) is 0 Å². The Kier molecular flexibility index (Phi) is 2.22. The van der Waals surface area contributed by atoms with Crippen LogP contribution in [0.5, 0.6) is 0 Å². The first-order chi connectivity index (χ1) is 8.25. The molecule has 0 aliphatic rings. The molecule has 0 saturated carbocycles. The van der Waals surface area contributed by atoms with Gasteiger partial charge in [-0.2, -0.15) is 0 Å². The lowest BCUT2D eigenvalue weighted by molar-refractivity contribution is 0.631. The summed E-state index contributed by atoms with van der Waals surface area (Å²) in [5, 5.41) is 1.14. The number of aromatic amines is 1. The molecule has 0 aliphatic carbocycles. The van der Waals surface area contributed by atoms with Gasteiger partial charge in [0.05, 0.1) is 0 Å². The Morgan fingerprint density at radius 3 is 2.59 bits per heavy atom. The highest BCUT2D eigenvalue weighted by Crippen LogP contribution is 2.27. The molecule has 3 aromatic rings. The molecule has 0 amide bonds. The second-order valence-electron chi connectivity index (χ2n) is 4.20. The first kappa shape index (κ1) is 10.1. The van der Waals surface area contributed by atoms with E-state index in [9.17, 15) is 4.39 Å². The van der Waals surface area contributed by atoms with Crippen LogP contribution in [0.4, 0.5) is 4.39 Å². The van der Waals surface area contributed by atoms with Crippen LogP contribution in [0.2, 0.25) is 0 Å². The van der Waals surface area contributed by atoms with E-state index < -0.39 is 0 Å². The minimum absolute atomic E-state index is 0.197. The van der Waals surface area contributed by atoms with Crippen LogP contribution in [-0.2, 0) is 0 Å². The number of rotatable bonds is 1. The lowest BCUT2D eigenvalue weighted by atomic mass is 10.1. The van der Waals surface area contributed by atoms with Crippen LogP contribution in [0, 0.1) is 12.7 Å². The van der Waals surface area contributed by atoms with Gasteiger partial charge in [0.15, 0.2) is 0 Å². The largest absolute Gasteiger partial charge is 0.354 e. The van der Waals surface area contributed by atoms with Crippen molar-refractivity contribution < 1.29 is 4.39 Å². The summed E-state index contributed by atoms with van der Waals surface area (Å²) in [5.41, 5.74) is 3.68. The number of fused-ring (bicyclic) bond motifs is 1. The Morgan fingerprint density at radius 2 is 1.82 bits per heavy atom. The maximum atomic E-state index is 13.7. The first-order valence-corrected chi connectivity index (χ1v) is 5.59. The molecule has 2 heteroatoms. The van der Waals surface area contributed by atoms with Crippen molar-refractivity contribution in [2.24, 2.45) is 0 Å². The van der Waals surface area contributed by atoms with E-state index in [1.54, 1.807) is 12.1 Å². The van der Waals surface area contributed by atoms with E-state index in [1.807, 2.05) is 24.3 Å². The number of halogens is 1. The summed E-state index contributed by atoms with van der Waals surface area (Å²) >= 11 is 0. The van der Waals surface area contributed by atoms with E-state index in [2.05, 4.69) is 18.0 Å². The van der Waals surface area contributed by atoms with Crippen molar-refractivity contribution in [3.63, 3.8) is 0 Å². The molecule has 0 bridgehead atoms. The van der Waals surface area contributed by atoms with E-state index in [1.165, 1.54) is 11.6 Å². The summed E-state index contributed by atoms with van der Waals surface area (Å²) in [7, 11) is 0. The predicted molar refractivity (Wildman–Crippen MR) is 68.4 cm³/mol. The zero-order valence-corrected chi connectivity index (χ0v) is 9.50. The highest BCUT2D eigenvalue weighted by molar-refractivity contribution is 5.88. The van der Waals surface area contributed by atoms with Crippen LogP contribution >= 0.6 is 0 Å². The molecule has 0 radical (unpaired) electrons. The van der Waals surface area contributed by atoms with Crippen molar-refractivity contribution in [3.05, 3.63) is 59.9 Å². The minimum Gasteiger partial charge on any atom is -0.354 e. The van der Waals surface area contributed by atoms with E-state index in [-0.39, 0.29) is 5.82 Å². The molecule has 1 heterocycles. The molecule has 0 fully saturated rings. The predicted octanol–water partition coefficient (Wildman–Crippen LogP) is 4.28. The van der Waals surface area contributed by atoms with Crippen LogP contribution in [0.1, 0.15) is 5.56 Å². The summed E-state index contributed by atoms with van der Waals surface area (Å²) < 4.78 is 13.7. The van der Waals surface area contributed by atoms with Crippen molar-refractivity contribution in [3.8, 4) is 11.3 Å². The summed E-state index contributed by atoms with van der Waals surface area (Å²) in [4.78, 5) is 3.25. The van der Waals surface area contributed by atoms with Crippen molar-refractivity contribution in [1.29, 1.82) is 0 Å². The Labute approximate surface area is 98.9 Å². The number of aryl methyl sites for hydroxylation is 1. The average Bonchev–Trinajstić information content (AvgIpc) is 2.75. The van der Waals surface area contributed by atoms with Crippen LogP contribution < -0.4 is 0 Å². The van der Waals surface area contributed by atoms with Gasteiger partial charge >= 0.3 is 0 Å². The zero-order chi connectivity index (χ0) is 11.8. The van der Waals surface area contributed by atoms with Gasteiger partial charge in [0.25, 0.3) is 0 Å². The molecule has 84 valence electrons. The van der Waals surface area contributed by atoms with Gasteiger partial charge in [-0.3, -0.25) is 0 Å². The first-order valence-electron chi connectivity index (χ1n) is 5.59. The van der Waals surface area contributed by atoms with Crippen molar-refractivity contribution in [2.75, 3.05) is 0 Å². The molecule has 3 rings (SSSR count). The standard InChI is InChI=1S/C15H12FN/c1-10-5-4-8-14-12(10)9-15(17-14)11-6-2-3-7-13(11)16/h2-9,17H,1H3. The topological polar surface area (TPSA) is 15.8 Å². The molecule has 0 saturated heterocycles. The van der Waals surface area contributed by atoms with E-state index in [4.69, 9.17) is 0 Å². The molecule has 1 aromatic heterocycles. The minimum atomic E-state index is -0.197. The fourth-order valence-electron chi connectivity index (χ4n) is 2.13. The average molecular weight is 225 g/mol. The molecule has 2 aromatic carbocycles. The SMILES string of the molecule is Cc1cccc2[nH]c(-c3ccccc3F)cc12. The molecule has 1 nitrogen and oxygen atoms in total. The Bertz CT molecular complexity index is 682. The molecule has 0 spiro atoms. The highest BCUT2D eigenvalue weighted by Gasteiger charge is 2.08. The van der Waals surface area contributed by atoms with E-state index in [0.717, 1.165) is 16.6 Å². The molecule has 1 N–H and O–H groups in total. The maximum Gasteiger partial charge on any atom is 0.132 e. The van der Waals surface area contributed by atoms with Crippen LogP contribution in [-0.4, -0.2) is 4.98 Å². The maximum absolute atomic E-state index is 13.7. The van der Waals surface area contributed by atoms with Crippen molar-refractivity contribution in [2.45, 2.75) is 6.92 Å². The second-order valence-corrected chi connectivity index (χ2v) is 4.20. The molecular weight excluding hydrogens is 213 g/mol. The monoisotopic (exact) mass is 225 g/mol. The van der Waals surface area contributed by atoms with Gasteiger partial charge in [0.1, 0.15) is 5.82 Å². The quantitative estimate of drug-likeness (QED) is 0.636. The van der Waals surface area contributed by atoms with Gasteiger partial charge in [0.2, 0.25) is 0 Å². The number of nitrogens with one attached hydrogen (secondary N) is 1. The van der Waals surface area contributed by atoms with Crippen LogP contribution in [0.15, 0.2) is 48.5 Å². The summed E-state index contributed by atoms with van der Waals surface area (Å²) in [6, 6.07) is 14.9. The number of aromatic nitrogens is 1. The van der Waals surface area contributed by atoms with Gasteiger partial charge in [0, 0.05) is 22.2 Å². The summed E-state index contributed by atoms with van der Waals surface area (Å²) in [5.74, 6) is -0.197. The van der Waals surface area contributed by atoms with Crippen LogP contribution in [0.3, 0.4) is 0 Å². The normalized spacial score (nSPS) is 10.9. The third kappa shape index (κ3) is 1.62. The Morgan fingerprint density at radius 1 is 1.00 bits per heavy atom. The Hall–Kier alpha value is -2.09. The molecular formula is C15H12FN. The lowest BCUT2D eigenvalue weighted by Crippen LogP contribution is -1.82. The third-order valence-corrected chi connectivity index (χ3v) is 3.05. The summed E-state index contributed by atoms with van der Waals surface area (Å²) in [6.45, 7) is 2.06. The fraction of sp³-hybridized carbons (Fsp3) is 0.0667. The number of H-pyrrole nitrogens is 1. The van der Waals surface area contributed by atoms with Gasteiger partial charge in [-0.05, 0) is 36.8 Å².